The first-order valence-electron chi connectivity index (χ1n) is 7.90. The average molecular weight is 286 g/mol. The molecule has 2 atom stereocenters. The Bertz CT molecular complexity index is 264. The van der Waals surface area contributed by atoms with Crippen LogP contribution in [-0.2, 0) is 9.47 Å². The molecule has 120 valence electrons. The van der Waals surface area contributed by atoms with Crippen LogP contribution in [-0.4, -0.2) is 63.5 Å². The van der Waals surface area contributed by atoms with Gasteiger partial charge in [0.2, 0.25) is 0 Å². The summed E-state index contributed by atoms with van der Waals surface area (Å²) < 4.78 is 10.7. The molecule has 1 N–H and O–H groups in total. The third-order valence-electron chi connectivity index (χ3n) is 4.20. The number of hydrogen-bond donors (Lipinski definition) is 1. The van der Waals surface area contributed by atoms with Crippen molar-refractivity contribution in [3.8, 4) is 0 Å². The van der Waals surface area contributed by atoms with Gasteiger partial charge in [0.05, 0.1) is 19.8 Å². The lowest BCUT2D eigenvalue weighted by atomic mass is 9.83. The molecule has 0 radical (unpaired) electrons. The number of nitrogens with one attached hydrogen (secondary N) is 1. The standard InChI is InChI=1S/C16H34N2O2/c1-13(2)14-12-18(7-8-20-10-9-19-6)15(11-17-14)16(3,4)5/h13-15,17H,7-12H2,1-6H3. The number of nitrogens with zero attached hydrogens (tertiary/aromatic N) is 1. The minimum absolute atomic E-state index is 0.293. The predicted octanol–water partition coefficient (Wildman–Crippen LogP) is 1.99. The summed E-state index contributed by atoms with van der Waals surface area (Å²) >= 11 is 0. The van der Waals surface area contributed by atoms with E-state index in [1.807, 2.05) is 0 Å². The van der Waals surface area contributed by atoms with Crippen LogP contribution in [0.4, 0.5) is 0 Å². The predicted molar refractivity (Wildman–Crippen MR) is 84.1 cm³/mol. The van der Waals surface area contributed by atoms with Crippen LogP contribution in [0.3, 0.4) is 0 Å². The van der Waals surface area contributed by atoms with Gasteiger partial charge in [0.1, 0.15) is 0 Å². The molecule has 2 unspecified atom stereocenters. The van der Waals surface area contributed by atoms with Gasteiger partial charge in [-0.15, -0.1) is 0 Å². The molecule has 1 saturated heterocycles. The normalized spacial score (nSPS) is 25.4. The molecule has 0 aromatic rings. The summed E-state index contributed by atoms with van der Waals surface area (Å²) in [4.78, 5) is 2.61. The lowest BCUT2D eigenvalue weighted by Gasteiger charge is -2.47. The van der Waals surface area contributed by atoms with Crippen LogP contribution in [0.5, 0.6) is 0 Å². The second-order valence-electron chi connectivity index (χ2n) is 7.24. The fourth-order valence-electron chi connectivity index (χ4n) is 2.81. The van der Waals surface area contributed by atoms with Crippen molar-refractivity contribution < 1.29 is 9.47 Å². The Morgan fingerprint density at radius 2 is 1.90 bits per heavy atom. The fourth-order valence-corrected chi connectivity index (χ4v) is 2.81. The average Bonchev–Trinajstić information content (AvgIpc) is 2.37. The molecular weight excluding hydrogens is 252 g/mol. The number of methoxy groups -OCH3 is 1. The maximum absolute atomic E-state index is 5.65. The third kappa shape index (κ3) is 5.68. The summed E-state index contributed by atoms with van der Waals surface area (Å²) in [7, 11) is 1.71. The Kier molecular flexibility index (Phi) is 7.45. The number of piperazine rings is 1. The largest absolute Gasteiger partial charge is 0.382 e. The summed E-state index contributed by atoms with van der Waals surface area (Å²) in [5.41, 5.74) is 0.293. The molecule has 1 aliphatic rings. The monoisotopic (exact) mass is 286 g/mol. The Morgan fingerprint density at radius 3 is 2.45 bits per heavy atom. The fraction of sp³-hybridized carbons (Fsp3) is 1.00. The van der Waals surface area contributed by atoms with Crippen molar-refractivity contribution in [2.75, 3.05) is 46.6 Å². The third-order valence-corrected chi connectivity index (χ3v) is 4.20. The van der Waals surface area contributed by atoms with Crippen molar-refractivity contribution in [2.45, 2.75) is 46.7 Å². The maximum Gasteiger partial charge on any atom is 0.0700 e. The van der Waals surface area contributed by atoms with E-state index >= 15 is 0 Å². The van der Waals surface area contributed by atoms with E-state index in [-0.39, 0.29) is 0 Å². The van der Waals surface area contributed by atoms with Crippen LogP contribution < -0.4 is 5.32 Å². The van der Waals surface area contributed by atoms with Gasteiger partial charge in [0, 0.05) is 38.8 Å². The minimum atomic E-state index is 0.293. The van der Waals surface area contributed by atoms with Gasteiger partial charge in [-0.05, 0) is 11.3 Å². The van der Waals surface area contributed by atoms with Crippen LogP contribution in [0.2, 0.25) is 0 Å². The first-order valence-corrected chi connectivity index (χ1v) is 7.90. The first-order chi connectivity index (χ1) is 9.36. The summed E-state index contributed by atoms with van der Waals surface area (Å²) in [5, 5.41) is 3.71. The van der Waals surface area contributed by atoms with Gasteiger partial charge < -0.3 is 14.8 Å². The van der Waals surface area contributed by atoms with Crippen LogP contribution >= 0.6 is 0 Å². The number of ether oxygens (including phenoxy) is 2. The topological polar surface area (TPSA) is 33.7 Å². The van der Waals surface area contributed by atoms with Crippen molar-refractivity contribution in [3.05, 3.63) is 0 Å². The molecule has 1 aliphatic heterocycles. The molecule has 4 heteroatoms. The van der Waals surface area contributed by atoms with E-state index in [1.54, 1.807) is 7.11 Å². The molecule has 1 fully saturated rings. The van der Waals surface area contributed by atoms with Crippen molar-refractivity contribution in [2.24, 2.45) is 11.3 Å². The van der Waals surface area contributed by atoms with Gasteiger partial charge in [-0.1, -0.05) is 34.6 Å². The zero-order chi connectivity index (χ0) is 15.2. The molecule has 0 spiro atoms. The zero-order valence-electron chi connectivity index (χ0n) is 14.2. The van der Waals surface area contributed by atoms with Crippen LogP contribution in [0, 0.1) is 11.3 Å². The maximum atomic E-state index is 5.65. The number of hydrogen-bond acceptors (Lipinski definition) is 4. The summed E-state index contributed by atoms with van der Waals surface area (Å²) in [6.07, 6.45) is 0. The number of rotatable bonds is 7. The highest BCUT2D eigenvalue weighted by Crippen LogP contribution is 2.27. The van der Waals surface area contributed by atoms with Crippen LogP contribution in [0.25, 0.3) is 0 Å². The molecule has 0 aromatic carbocycles. The summed E-state index contributed by atoms with van der Waals surface area (Å²) in [6, 6.07) is 1.16. The Labute approximate surface area is 125 Å². The molecular formula is C16H34N2O2. The molecule has 0 aromatic heterocycles. The highest BCUT2D eigenvalue weighted by Gasteiger charge is 2.35. The molecule has 20 heavy (non-hydrogen) atoms. The summed E-state index contributed by atoms with van der Waals surface area (Å²) in [5.74, 6) is 0.674. The molecule has 0 aliphatic carbocycles. The lowest BCUT2D eigenvalue weighted by molar-refractivity contribution is 0.00885. The van der Waals surface area contributed by atoms with Crippen molar-refractivity contribution in [1.82, 2.24) is 10.2 Å². The van der Waals surface area contributed by atoms with Crippen molar-refractivity contribution >= 4 is 0 Å². The Hall–Kier alpha value is -0.160. The van der Waals surface area contributed by atoms with Crippen LogP contribution in [0.1, 0.15) is 34.6 Å². The molecule has 0 bridgehead atoms. The van der Waals surface area contributed by atoms with Crippen molar-refractivity contribution in [1.29, 1.82) is 0 Å². The zero-order valence-corrected chi connectivity index (χ0v) is 14.2. The van der Waals surface area contributed by atoms with Gasteiger partial charge in [0.25, 0.3) is 0 Å². The second kappa shape index (κ2) is 8.32. The van der Waals surface area contributed by atoms with Gasteiger partial charge >= 0.3 is 0 Å². The lowest BCUT2D eigenvalue weighted by Crippen LogP contribution is -2.62. The van der Waals surface area contributed by atoms with Gasteiger partial charge in [0.15, 0.2) is 0 Å². The van der Waals surface area contributed by atoms with E-state index in [9.17, 15) is 0 Å². The van der Waals surface area contributed by atoms with E-state index in [0.717, 1.165) is 26.2 Å². The van der Waals surface area contributed by atoms with Crippen molar-refractivity contribution in [3.63, 3.8) is 0 Å². The van der Waals surface area contributed by atoms with Gasteiger partial charge in [-0.3, -0.25) is 4.90 Å². The molecule has 1 heterocycles. The summed E-state index contributed by atoms with van der Waals surface area (Å²) in [6.45, 7) is 16.9. The second-order valence-corrected chi connectivity index (χ2v) is 7.24. The first kappa shape index (κ1) is 17.9. The van der Waals surface area contributed by atoms with Crippen LogP contribution in [0.15, 0.2) is 0 Å². The molecule has 4 nitrogen and oxygen atoms in total. The Morgan fingerprint density at radius 1 is 1.20 bits per heavy atom. The quantitative estimate of drug-likeness (QED) is 0.726. The smallest absolute Gasteiger partial charge is 0.0700 e. The van der Waals surface area contributed by atoms with Gasteiger partial charge in [-0.2, -0.15) is 0 Å². The Balaban J connectivity index is 2.49. The SMILES string of the molecule is COCCOCCN1CC(C(C)C)NCC1C(C)(C)C. The van der Waals surface area contributed by atoms with Gasteiger partial charge in [-0.25, -0.2) is 0 Å². The van der Waals surface area contributed by atoms with E-state index in [0.29, 0.717) is 36.6 Å². The minimum Gasteiger partial charge on any atom is -0.382 e. The van der Waals surface area contributed by atoms with E-state index in [4.69, 9.17) is 9.47 Å². The van der Waals surface area contributed by atoms with E-state index in [2.05, 4.69) is 44.8 Å². The molecule has 0 amide bonds. The van der Waals surface area contributed by atoms with E-state index < -0.39 is 0 Å². The highest BCUT2D eigenvalue weighted by atomic mass is 16.5. The van der Waals surface area contributed by atoms with E-state index in [1.165, 1.54) is 0 Å². The molecule has 1 rings (SSSR count). The molecule has 0 saturated carbocycles. The highest BCUT2D eigenvalue weighted by molar-refractivity contribution is 4.93.